The van der Waals surface area contributed by atoms with Gasteiger partial charge < -0.3 is 5.11 Å². The molecule has 1 N–H and O–H groups in total. The van der Waals surface area contributed by atoms with Crippen LogP contribution in [-0.4, -0.2) is 38.6 Å². The van der Waals surface area contributed by atoms with Crippen LogP contribution in [-0.2, 0) is 14.3 Å². The Balaban J connectivity index is 0.000000254. The molecule has 2 aliphatic rings. The van der Waals surface area contributed by atoms with Gasteiger partial charge >= 0.3 is 0 Å². The van der Waals surface area contributed by atoms with Crippen LogP contribution < -0.4 is 0 Å². The maximum atomic E-state index is 12.6. The molecule has 2 aliphatic carbocycles. The lowest BCUT2D eigenvalue weighted by Gasteiger charge is -2.34. The van der Waals surface area contributed by atoms with Gasteiger partial charge in [0.05, 0.1) is 11.5 Å². The Labute approximate surface area is 150 Å². The van der Waals surface area contributed by atoms with Crippen LogP contribution in [0.25, 0.3) is 0 Å². The standard InChI is InChI=1S/C12H14F2O3S.C5H8F2O/c1-9-2-4-11(5-3-9)18(15,16)17-8-10-6-12(13,14)7-10;6-5(7)1-4(2-5)3-8/h2-5,10H,6-8H2,1H3;4,8H,1-3H2. The van der Waals surface area contributed by atoms with E-state index >= 15 is 0 Å². The average molecular weight is 398 g/mol. The molecule has 1 aromatic rings. The van der Waals surface area contributed by atoms with Crippen molar-refractivity contribution in [3.05, 3.63) is 29.8 Å². The minimum absolute atomic E-state index is 0.0548. The number of rotatable bonds is 5. The summed E-state index contributed by atoms with van der Waals surface area (Å²) < 4.78 is 77.1. The first-order chi connectivity index (χ1) is 11.9. The average Bonchev–Trinajstić information content (AvgIpc) is 2.49. The van der Waals surface area contributed by atoms with E-state index in [9.17, 15) is 26.0 Å². The molecule has 4 nitrogen and oxygen atoms in total. The van der Waals surface area contributed by atoms with Crippen LogP contribution in [0.5, 0.6) is 0 Å². The lowest BCUT2D eigenvalue weighted by atomic mass is 9.82. The molecule has 0 radical (unpaired) electrons. The molecule has 0 bridgehead atoms. The summed E-state index contributed by atoms with van der Waals surface area (Å²) in [5.74, 6) is -5.63. The van der Waals surface area contributed by atoms with Crippen LogP contribution in [0.1, 0.15) is 31.2 Å². The zero-order valence-electron chi connectivity index (χ0n) is 14.3. The third kappa shape index (κ3) is 5.92. The third-order valence-electron chi connectivity index (χ3n) is 4.38. The minimum Gasteiger partial charge on any atom is -0.396 e. The van der Waals surface area contributed by atoms with E-state index in [-0.39, 0.29) is 55.6 Å². The monoisotopic (exact) mass is 398 g/mol. The van der Waals surface area contributed by atoms with Gasteiger partial charge in [-0.05, 0) is 30.9 Å². The molecule has 0 spiro atoms. The Kier molecular flexibility index (Phi) is 6.35. The summed E-state index contributed by atoms with van der Waals surface area (Å²) in [5.41, 5.74) is 0.938. The molecule has 0 unspecified atom stereocenters. The summed E-state index contributed by atoms with van der Waals surface area (Å²) in [7, 11) is -3.83. The summed E-state index contributed by atoms with van der Waals surface area (Å²) in [6.07, 6.45) is -0.833. The van der Waals surface area contributed by atoms with Gasteiger partial charge in [0.25, 0.3) is 10.1 Å². The zero-order valence-corrected chi connectivity index (χ0v) is 15.1. The summed E-state index contributed by atoms with van der Waals surface area (Å²) in [6.45, 7) is 1.58. The van der Waals surface area contributed by atoms with Crippen LogP contribution in [0, 0.1) is 18.8 Å². The molecule has 9 heteroatoms. The first-order valence-corrected chi connectivity index (χ1v) is 9.66. The van der Waals surface area contributed by atoms with Gasteiger partial charge in [0.2, 0.25) is 11.8 Å². The lowest BCUT2D eigenvalue weighted by Crippen LogP contribution is -2.38. The van der Waals surface area contributed by atoms with Gasteiger partial charge in [-0.2, -0.15) is 8.42 Å². The number of alkyl halides is 4. The van der Waals surface area contributed by atoms with Crippen molar-refractivity contribution in [2.24, 2.45) is 11.8 Å². The Morgan fingerprint density at radius 3 is 1.85 bits per heavy atom. The second-order valence-corrected chi connectivity index (χ2v) is 8.61. The van der Waals surface area contributed by atoms with Crippen LogP contribution in [0.2, 0.25) is 0 Å². The van der Waals surface area contributed by atoms with Crippen LogP contribution >= 0.6 is 0 Å². The molecule has 0 amide bonds. The number of aryl methyl sites for hydroxylation is 1. The molecule has 26 heavy (non-hydrogen) atoms. The normalized spacial score (nSPS) is 21.9. The van der Waals surface area contributed by atoms with Crippen molar-refractivity contribution in [3.8, 4) is 0 Å². The SMILES string of the molecule is Cc1ccc(S(=O)(=O)OCC2CC(F)(F)C2)cc1.OCC1CC(F)(F)C1. The van der Waals surface area contributed by atoms with E-state index in [1.165, 1.54) is 12.1 Å². The molecule has 0 heterocycles. The fourth-order valence-corrected chi connectivity index (χ4v) is 3.75. The first-order valence-electron chi connectivity index (χ1n) is 8.25. The molecule has 2 fully saturated rings. The number of aliphatic hydroxyl groups is 1. The van der Waals surface area contributed by atoms with E-state index in [1.807, 2.05) is 6.92 Å². The smallest absolute Gasteiger partial charge is 0.296 e. The third-order valence-corrected chi connectivity index (χ3v) is 5.67. The van der Waals surface area contributed by atoms with E-state index in [0.717, 1.165) is 5.56 Å². The number of hydrogen-bond donors (Lipinski definition) is 1. The van der Waals surface area contributed by atoms with Gasteiger partial charge in [0.1, 0.15) is 0 Å². The van der Waals surface area contributed by atoms with Crippen LogP contribution in [0.3, 0.4) is 0 Å². The van der Waals surface area contributed by atoms with Crippen molar-refractivity contribution < 1.29 is 35.3 Å². The fourth-order valence-electron chi connectivity index (χ4n) is 2.78. The molecular weight excluding hydrogens is 376 g/mol. The Morgan fingerprint density at radius 2 is 1.46 bits per heavy atom. The van der Waals surface area contributed by atoms with Gasteiger partial charge in [-0.3, -0.25) is 4.18 Å². The predicted octanol–water partition coefficient (Wildman–Crippen LogP) is 3.77. The maximum absolute atomic E-state index is 12.6. The number of hydrogen-bond acceptors (Lipinski definition) is 4. The van der Waals surface area contributed by atoms with Crippen molar-refractivity contribution in [1.29, 1.82) is 0 Å². The number of halogens is 4. The van der Waals surface area contributed by atoms with E-state index in [4.69, 9.17) is 9.29 Å². The van der Waals surface area contributed by atoms with Crippen molar-refractivity contribution >= 4 is 10.1 Å². The maximum Gasteiger partial charge on any atom is 0.296 e. The molecule has 0 aromatic heterocycles. The molecule has 0 atom stereocenters. The van der Waals surface area contributed by atoms with E-state index in [1.54, 1.807) is 12.1 Å². The summed E-state index contributed by atoms with van der Waals surface area (Å²) in [4.78, 5) is 0.0548. The van der Waals surface area contributed by atoms with Gasteiger partial charge in [-0.25, -0.2) is 17.6 Å². The fraction of sp³-hybridized carbons (Fsp3) is 0.647. The molecule has 0 aliphatic heterocycles. The van der Waals surface area contributed by atoms with Crippen LogP contribution in [0.4, 0.5) is 17.6 Å². The molecule has 2 saturated carbocycles. The Hall–Kier alpha value is -1.19. The highest BCUT2D eigenvalue weighted by molar-refractivity contribution is 7.86. The highest BCUT2D eigenvalue weighted by Gasteiger charge is 2.46. The quantitative estimate of drug-likeness (QED) is 0.606. The Bertz CT molecular complexity index is 688. The van der Waals surface area contributed by atoms with Crippen molar-refractivity contribution in [3.63, 3.8) is 0 Å². The predicted molar refractivity (Wildman–Crippen MR) is 86.7 cm³/mol. The van der Waals surface area contributed by atoms with Crippen molar-refractivity contribution in [1.82, 2.24) is 0 Å². The molecule has 0 saturated heterocycles. The lowest BCUT2D eigenvalue weighted by molar-refractivity contribution is -0.121. The van der Waals surface area contributed by atoms with Gasteiger partial charge in [0, 0.05) is 32.3 Å². The van der Waals surface area contributed by atoms with Gasteiger partial charge in [-0.1, -0.05) is 17.7 Å². The molecule has 1 aromatic carbocycles. The Morgan fingerprint density at radius 1 is 1.00 bits per heavy atom. The minimum atomic E-state index is -3.83. The molecular formula is C17H22F4O4S. The highest BCUT2D eigenvalue weighted by Crippen LogP contribution is 2.43. The molecule has 148 valence electrons. The van der Waals surface area contributed by atoms with E-state index in [0.29, 0.717) is 0 Å². The van der Waals surface area contributed by atoms with Crippen molar-refractivity contribution in [2.75, 3.05) is 13.2 Å². The van der Waals surface area contributed by atoms with Gasteiger partial charge in [-0.15, -0.1) is 0 Å². The summed E-state index contributed by atoms with van der Waals surface area (Å²) in [6, 6.07) is 6.21. The largest absolute Gasteiger partial charge is 0.396 e. The number of benzene rings is 1. The van der Waals surface area contributed by atoms with Crippen LogP contribution in [0.15, 0.2) is 29.2 Å². The van der Waals surface area contributed by atoms with Crippen molar-refractivity contribution in [2.45, 2.75) is 49.3 Å². The van der Waals surface area contributed by atoms with E-state index in [2.05, 4.69) is 0 Å². The summed E-state index contributed by atoms with van der Waals surface area (Å²) in [5, 5.41) is 8.28. The van der Waals surface area contributed by atoms with Gasteiger partial charge in [0.15, 0.2) is 0 Å². The topological polar surface area (TPSA) is 63.6 Å². The second kappa shape index (κ2) is 7.82. The van der Waals surface area contributed by atoms with E-state index < -0.39 is 22.0 Å². The number of aliphatic hydroxyl groups excluding tert-OH is 1. The first kappa shape index (κ1) is 21.1. The summed E-state index contributed by atoms with van der Waals surface area (Å²) >= 11 is 0. The second-order valence-electron chi connectivity index (χ2n) is 6.99. The molecule has 3 rings (SSSR count). The highest BCUT2D eigenvalue weighted by atomic mass is 32.2. The zero-order chi connectivity index (χ0) is 19.6.